The van der Waals surface area contributed by atoms with Gasteiger partial charge in [0.1, 0.15) is 0 Å². The van der Waals surface area contributed by atoms with Gasteiger partial charge in [-0.05, 0) is 57.8 Å². The quantitative estimate of drug-likeness (QED) is 0.0320. The van der Waals surface area contributed by atoms with E-state index in [4.69, 9.17) is 4.74 Å². The number of aliphatic hydroxyl groups excluding tert-OH is 2. The Labute approximate surface area is 564 Å². The van der Waals surface area contributed by atoms with Gasteiger partial charge in [0.25, 0.3) is 0 Å². The first kappa shape index (κ1) is 88.3. The molecule has 534 valence electrons. The lowest BCUT2D eigenvalue weighted by Crippen LogP contribution is -2.45. The summed E-state index contributed by atoms with van der Waals surface area (Å²) < 4.78 is 5.51. The van der Waals surface area contributed by atoms with Crippen LogP contribution < -0.4 is 5.32 Å². The second kappa shape index (κ2) is 79.8. The molecule has 2 atom stereocenters. The number of ether oxygens (including phenoxy) is 1. The summed E-state index contributed by atoms with van der Waals surface area (Å²) in [6.07, 6.45) is 103. The highest BCUT2D eigenvalue weighted by molar-refractivity contribution is 5.76. The third-order valence-corrected chi connectivity index (χ3v) is 19.7. The van der Waals surface area contributed by atoms with Gasteiger partial charge in [0.2, 0.25) is 5.91 Å². The zero-order valence-electron chi connectivity index (χ0n) is 61.4. The minimum absolute atomic E-state index is 0.0160. The first-order valence-electron chi connectivity index (χ1n) is 41.6. The maximum Gasteiger partial charge on any atom is 0.305 e. The predicted octanol–water partition coefficient (Wildman–Crippen LogP) is 27.6. The fourth-order valence-electron chi connectivity index (χ4n) is 13.4. The Hall–Kier alpha value is -1.66. The van der Waals surface area contributed by atoms with Gasteiger partial charge < -0.3 is 20.3 Å². The van der Waals surface area contributed by atoms with E-state index in [-0.39, 0.29) is 18.5 Å². The summed E-state index contributed by atoms with van der Waals surface area (Å²) in [5.74, 6) is -0.0413. The fourth-order valence-corrected chi connectivity index (χ4v) is 13.4. The van der Waals surface area contributed by atoms with Crippen molar-refractivity contribution in [3.05, 3.63) is 24.3 Å². The minimum atomic E-state index is -0.842. The van der Waals surface area contributed by atoms with E-state index in [1.54, 1.807) is 6.08 Å². The number of rotatable bonds is 79. The van der Waals surface area contributed by atoms with E-state index in [0.29, 0.717) is 19.4 Å². The molecule has 2 unspecified atom stereocenters. The van der Waals surface area contributed by atoms with Crippen LogP contribution in [0, 0.1) is 0 Å². The van der Waals surface area contributed by atoms with E-state index in [1.165, 1.54) is 405 Å². The van der Waals surface area contributed by atoms with Crippen LogP contribution >= 0.6 is 0 Å². The number of hydrogen-bond acceptors (Lipinski definition) is 5. The first-order chi connectivity index (χ1) is 44.5. The highest BCUT2D eigenvalue weighted by Gasteiger charge is 2.18. The largest absolute Gasteiger partial charge is 0.466 e. The summed E-state index contributed by atoms with van der Waals surface area (Å²) in [6, 6.07) is -0.625. The van der Waals surface area contributed by atoms with Crippen molar-refractivity contribution in [3.63, 3.8) is 0 Å². The average molecular weight is 1270 g/mol. The summed E-state index contributed by atoms with van der Waals surface area (Å²) in [4.78, 5) is 24.7. The van der Waals surface area contributed by atoms with Gasteiger partial charge in [-0.2, -0.15) is 0 Å². The molecule has 0 fully saturated rings. The molecule has 0 radical (unpaired) electrons. The molecule has 0 saturated carbocycles. The number of carbonyl (C=O) groups is 2. The van der Waals surface area contributed by atoms with Gasteiger partial charge >= 0.3 is 5.97 Å². The molecule has 90 heavy (non-hydrogen) atoms. The summed E-state index contributed by atoms with van der Waals surface area (Å²) in [5.41, 5.74) is 0. The standard InChI is InChI=1S/C84H163NO5/c1-3-5-7-9-11-13-15-17-19-21-22-23-39-42-45-48-52-56-60-64-68-72-76-82(87)81(80-86)85-83(88)77-73-69-65-61-57-53-49-46-43-40-37-35-33-31-29-27-25-24-26-28-30-32-34-36-38-41-44-47-51-55-59-63-67-71-75-79-90-84(89)78-74-70-66-62-58-54-50-20-18-16-14-12-10-8-6-4-2/h20,50,72,76,81-82,86-87H,3-19,21-49,51-71,73-75,77-80H2,1-2H3,(H,85,88)/b50-20-,76-72+. The molecule has 0 aliphatic rings. The molecule has 0 heterocycles. The summed E-state index contributed by atoms with van der Waals surface area (Å²) in [5, 5.41) is 23.3. The lowest BCUT2D eigenvalue weighted by molar-refractivity contribution is -0.143. The molecule has 0 aromatic rings. The number of unbranched alkanes of at least 4 members (excludes halogenated alkanes) is 66. The maximum absolute atomic E-state index is 12.6. The number of aliphatic hydroxyl groups is 2. The van der Waals surface area contributed by atoms with E-state index in [2.05, 4.69) is 31.3 Å². The molecular weight excluding hydrogens is 1100 g/mol. The van der Waals surface area contributed by atoms with Crippen LogP contribution in [0.25, 0.3) is 0 Å². The first-order valence-corrected chi connectivity index (χ1v) is 41.6. The lowest BCUT2D eigenvalue weighted by atomic mass is 10.0. The van der Waals surface area contributed by atoms with Gasteiger partial charge in [-0.3, -0.25) is 9.59 Å². The Morgan fingerprint density at radius 2 is 0.522 bits per heavy atom. The van der Waals surface area contributed by atoms with Crippen molar-refractivity contribution in [2.75, 3.05) is 13.2 Å². The molecule has 0 aliphatic carbocycles. The van der Waals surface area contributed by atoms with E-state index in [9.17, 15) is 19.8 Å². The second-order valence-corrected chi connectivity index (χ2v) is 28.8. The Morgan fingerprint density at radius 1 is 0.300 bits per heavy atom. The molecule has 3 N–H and O–H groups in total. The number of hydrogen-bond donors (Lipinski definition) is 3. The topological polar surface area (TPSA) is 95.9 Å². The van der Waals surface area contributed by atoms with E-state index in [0.717, 1.165) is 44.9 Å². The Kier molecular flexibility index (Phi) is 78.3. The van der Waals surface area contributed by atoms with Crippen molar-refractivity contribution in [2.45, 2.75) is 488 Å². The van der Waals surface area contributed by atoms with Crippen LogP contribution in [0.5, 0.6) is 0 Å². The van der Waals surface area contributed by atoms with E-state index < -0.39 is 12.1 Å². The summed E-state index contributed by atoms with van der Waals surface area (Å²) >= 11 is 0. The van der Waals surface area contributed by atoms with Crippen LogP contribution in [-0.2, 0) is 14.3 Å². The fraction of sp³-hybridized carbons (Fsp3) is 0.929. The highest BCUT2D eigenvalue weighted by atomic mass is 16.5. The van der Waals surface area contributed by atoms with Gasteiger partial charge in [-0.1, -0.05) is 430 Å². The zero-order chi connectivity index (χ0) is 64.9. The number of amides is 1. The van der Waals surface area contributed by atoms with Crippen LogP contribution in [0.15, 0.2) is 24.3 Å². The number of carbonyl (C=O) groups excluding carboxylic acids is 2. The molecule has 6 nitrogen and oxygen atoms in total. The van der Waals surface area contributed by atoms with Crippen molar-refractivity contribution in [2.24, 2.45) is 0 Å². The lowest BCUT2D eigenvalue weighted by Gasteiger charge is -2.20. The van der Waals surface area contributed by atoms with Gasteiger partial charge in [0.15, 0.2) is 0 Å². The van der Waals surface area contributed by atoms with Crippen LogP contribution in [0.2, 0.25) is 0 Å². The van der Waals surface area contributed by atoms with Crippen molar-refractivity contribution < 1.29 is 24.5 Å². The van der Waals surface area contributed by atoms with Gasteiger partial charge in [-0.15, -0.1) is 0 Å². The Morgan fingerprint density at radius 3 is 0.789 bits per heavy atom. The smallest absolute Gasteiger partial charge is 0.305 e. The molecule has 1 amide bonds. The molecule has 6 heteroatoms. The number of allylic oxidation sites excluding steroid dienone is 3. The van der Waals surface area contributed by atoms with Crippen LogP contribution in [-0.4, -0.2) is 47.4 Å². The zero-order valence-corrected chi connectivity index (χ0v) is 61.4. The molecular formula is C84H163NO5. The Balaban J connectivity index is 3.33. The maximum atomic E-state index is 12.6. The molecule has 0 aromatic carbocycles. The Bertz CT molecular complexity index is 1410. The second-order valence-electron chi connectivity index (χ2n) is 28.8. The normalized spacial score (nSPS) is 12.5. The monoisotopic (exact) mass is 1270 g/mol. The molecule has 0 saturated heterocycles. The van der Waals surface area contributed by atoms with Crippen molar-refractivity contribution in [1.29, 1.82) is 0 Å². The van der Waals surface area contributed by atoms with E-state index >= 15 is 0 Å². The highest BCUT2D eigenvalue weighted by Crippen LogP contribution is 2.20. The number of esters is 1. The molecule has 0 aromatic heterocycles. The van der Waals surface area contributed by atoms with Crippen LogP contribution in [0.1, 0.15) is 476 Å². The van der Waals surface area contributed by atoms with Gasteiger partial charge in [0, 0.05) is 12.8 Å². The average Bonchev–Trinajstić information content (AvgIpc) is 3.60. The SMILES string of the molecule is CCCCCCCCC/C=C\CCCCCCCC(=O)OCCCCCCCCCCCCCCCCCCCCCCCCCCCCCCCCCCCCCC(=O)NC(CO)C(O)/C=C/CCCCCCCCCCCCCCCCCCCCCC. The third kappa shape index (κ3) is 75.4. The van der Waals surface area contributed by atoms with Crippen LogP contribution in [0.3, 0.4) is 0 Å². The van der Waals surface area contributed by atoms with Gasteiger partial charge in [0.05, 0.1) is 25.4 Å². The molecule has 0 rings (SSSR count). The predicted molar refractivity (Wildman–Crippen MR) is 398 cm³/mol. The van der Waals surface area contributed by atoms with E-state index in [1.807, 2.05) is 6.08 Å². The van der Waals surface area contributed by atoms with Crippen molar-refractivity contribution >= 4 is 11.9 Å². The third-order valence-electron chi connectivity index (χ3n) is 19.7. The number of nitrogens with one attached hydrogen (secondary N) is 1. The van der Waals surface area contributed by atoms with Gasteiger partial charge in [-0.25, -0.2) is 0 Å². The summed E-state index contributed by atoms with van der Waals surface area (Å²) in [6.45, 7) is 4.96. The van der Waals surface area contributed by atoms with Crippen molar-refractivity contribution in [1.82, 2.24) is 5.32 Å². The van der Waals surface area contributed by atoms with Crippen LogP contribution in [0.4, 0.5) is 0 Å². The molecule has 0 aliphatic heterocycles. The molecule has 0 bridgehead atoms. The molecule has 0 spiro atoms. The van der Waals surface area contributed by atoms with Crippen molar-refractivity contribution in [3.8, 4) is 0 Å². The minimum Gasteiger partial charge on any atom is -0.466 e. The summed E-state index contributed by atoms with van der Waals surface area (Å²) in [7, 11) is 0.